The van der Waals surface area contributed by atoms with E-state index in [1.165, 1.54) is 6.07 Å². The first-order valence-corrected chi connectivity index (χ1v) is 4.62. The highest BCUT2D eigenvalue weighted by molar-refractivity contribution is 6.05. The number of nitrogen functional groups attached to an aromatic ring is 1. The van der Waals surface area contributed by atoms with E-state index in [9.17, 15) is 4.39 Å². The second-order valence-electron chi connectivity index (χ2n) is 3.47. The minimum Gasteiger partial charge on any atom is -0.453 e. The van der Waals surface area contributed by atoms with Crippen molar-refractivity contribution in [3.05, 3.63) is 42.2 Å². The van der Waals surface area contributed by atoms with E-state index in [0.717, 1.165) is 10.8 Å². The van der Waals surface area contributed by atoms with E-state index in [-0.39, 0.29) is 11.4 Å². The number of hydrogen-bond acceptors (Lipinski definition) is 2. The highest BCUT2D eigenvalue weighted by atomic mass is 19.1. The van der Waals surface area contributed by atoms with Crippen LogP contribution in [0.4, 0.5) is 10.1 Å². The van der Waals surface area contributed by atoms with Gasteiger partial charge in [-0.15, -0.1) is 0 Å². The van der Waals surface area contributed by atoms with Crippen LogP contribution in [0.3, 0.4) is 0 Å². The molecule has 0 saturated carbocycles. The van der Waals surface area contributed by atoms with Gasteiger partial charge in [0.1, 0.15) is 5.58 Å². The van der Waals surface area contributed by atoms with Gasteiger partial charge in [-0.25, -0.2) is 4.39 Å². The number of anilines is 1. The van der Waals surface area contributed by atoms with E-state index in [1.54, 1.807) is 18.2 Å². The molecule has 0 bridgehead atoms. The zero-order valence-electron chi connectivity index (χ0n) is 7.83. The lowest BCUT2D eigenvalue weighted by molar-refractivity contribution is 0.584. The zero-order valence-corrected chi connectivity index (χ0v) is 7.83. The standard InChI is InChI=1S/C12H8FNO/c13-10-3-1-2-9-8-5-4-7(14)6-11(8)15-12(9)10/h1-6H,14H2. The molecule has 0 saturated heterocycles. The van der Waals surface area contributed by atoms with Crippen molar-refractivity contribution in [1.82, 2.24) is 0 Å². The van der Waals surface area contributed by atoms with Crippen molar-refractivity contribution >= 4 is 27.6 Å². The van der Waals surface area contributed by atoms with Crippen molar-refractivity contribution in [1.29, 1.82) is 0 Å². The van der Waals surface area contributed by atoms with Gasteiger partial charge in [0, 0.05) is 22.5 Å². The summed E-state index contributed by atoms with van der Waals surface area (Å²) in [6.45, 7) is 0. The fourth-order valence-corrected chi connectivity index (χ4v) is 1.78. The SMILES string of the molecule is Nc1ccc2c(c1)oc1c(F)cccc12. The number of hydrogen-bond donors (Lipinski definition) is 1. The van der Waals surface area contributed by atoms with Gasteiger partial charge in [0.25, 0.3) is 0 Å². The van der Waals surface area contributed by atoms with E-state index in [0.29, 0.717) is 11.3 Å². The molecule has 0 unspecified atom stereocenters. The lowest BCUT2D eigenvalue weighted by Gasteiger charge is -1.90. The summed E-state index contributed by atoms with van der Waals surface area (Å²) >= 11 is 0. The monoisotopic (exact) mass is 201 g/mol. The lowest BCUT2D eigenvalue weighted by Crippen LogP contribution is -1.81. The van der Waals surface area contributed by atoms with Crippen LogP contribution in [0.25, 0.3) is 21.9 Å². The first kappa shape index (κ1) is 8.29. The van der Waals surface area contributed by atoms with Gasteiger partial charge in [0.05, 0.1) is 0 Å². The molecule has 1 aromatic heterocycles. The van der Waals surface area contributed by atoms with Gasteiger partial charge in [-0.3, -0.25) is 0 Å². The van der Waals surface area contributed by atoms with Crippen molar-refractivity contribution in [3.8, 4) is 0 Å². The maximum atomic E-state index is 13.4. The summed E-state index contributed by atoms with van der Waals surface area (Å²) in [4.78, 5) is 0. The maximum absolute atomic E-state index is 13.4. The van der Waals surface area contributed by atoms with Crippen LogP contribution in [0.5, 0.6) is 0 Å². The third-order valence-electron chi connectivity index (χ3n) is 2.47. The van der Waals surface area contributed by atoms with Gasteiger partial charge in [-0.1, -0.05) is 12.1 Å². The molecule has 2 nitrogen and oxygen atoms in total. The third-order valence-corrected chi connectivity index (χ3v) is 2.47. The summed E-state index contributed by atoms with van der Waals surface area (Å²) in [6, 6.07) is 10.2. The predicted molar refractivity (Wildman–Crippen MR) is 58.1 cm³/mol. The van der Waals surface area contributed by atoms with E-state index >= 15 is 0 Å². The molecule has 15 heavy (non-hydrogen) atoms. The summed E-state index contributed by atoms with van der Waals surface area (Å²) in [5, 5.41) is 1.67. The molecule has 2 N–H and O–H groups in total. The molecule has 0 spiro atoms. The highest BCUT2D eigenvalue weighted by Crippen LogP contribution is 2.31. The van der Waals surface area contributed by atoms with Crippen LogP contribution in [-0.4, -0.2) is 0 Å². The molecule has 0 atom stereocenters. The fraction of sp³-hybridized carbons (Fsp3) is 0. The van der Waals surface area contributed by atoms with Crippen molar-refractivity contribution < 1.29 is 8.81 Å². The number of rotatable bonds is 0. The number of furan rings is 1. The molecular formula is C12H8FNO. The fourth-order valence-electron chi connectivity index (χ4n) is 1.78. The normalized spacial score (nSPS) is 11.3. The van der Waals surface area contributed by atoms with Gasteiger partial charge in [0.15, 0.2) is 11.4 Å². The second kappa shape index (κ2) is 2.73. The molecule has 0 radical (unpaired) electrons. The molecule has 0 fully saturated rings. The van der Waals surface area contributed by atoms with Gasteiger partial charge < -0.3 is 10.2 Å². The Morgan fingerprint density at radius 3 is 2.80 bits per heavy atom. The van der Waals surface area contributed by atoms with Crippen LogP contribution in [0.2, 0.25) is 0 Å². The Morgan fingerprint density at radius 1 is 1.07 bits per heavy atom. The van der Waals surface area contributed by atoms with E-state index < -0.39 is 0 Å². The van der Waals surface area contributed by atoms with Crippen LogP contribution in [0.1, 0.15) is 0 Å². The molecule has 0 aliphatic heterocycles. The van der Waals surface area contributed by atoms with Crippen molar-refractivity contribution in [2.45, 2.75) is 0 Å². The molecule has 3 rings (SSSR count). The number of fused-ring (bicyclic) bond motifs is 3. The third kappa shape index (κ3) is 1.09. The second-order valence-corrected chi connectivity index (χ2v) is 3.47. The Hall–Kier alpha value is -2.03. The number of nitrogens with two attached hydrogens (primary N) is 1. The van der Waals surface area contributed by atoms with Crippen molar-refractivity contribution in [2.24, 2.45) is 0 Å². The molecular weight excluding hydrogens is 193 g/mol. The van der Waals surface area contributed by atoms with E-state index in [2.05, 4.69) is 0 Å². The van der Waals surface area contributed by atoms with Crippen molar-refractivity contribution in [3.63, 3.8) is 0 Å². The number of benzene rings is 2. The van der Waals surface area contributed by atoms with E-state index in [1.807, 2.05) is 12.1 Å². The van der Waals surface area contributed by atoms with Crippen LogP contribution < -0.4 is 5.73 Å². The quantitative estimate of drug-likeness (QED) is 0.567. The smallest absolute Gasteiger partial charge is 0.171 e. The maximum Gasteiger partial charge on any atom is 0.171 e. The highest BCUT2D eigenvalue weighted by Gasteiger charge is 2.09. The van der Waals surface area contributed by atoms with Crippen molar-refractivity contribution in [2.75, 3.05) is 5.73 Å². The van der Waals surface area contributed by atoms with Crippen LogP contribution in [0, 0.1) is 5.82 Å². The molecule has 3 heteroatoms. The lowest BCUT2D eigenvalue weighted by atomic mass is 10.1. The summed E-state index contributed by atoms with van der Waals surface area (Å²) < 4.78 is 18.8. The van der Waals surface area contributed by atoms with Gasteiger partial charge in [0.2, 0.25) is 0 Å². The Kier molecular flexibility index (Phi) is 1.51. The molecule has 74 valence electrons. The number of para-hydroxylation sites is 1. The van der Waals surface area contributed by atoms with Gasteiger partial charge in [-0.2, -0.15) is 0 Å². The zero-order chi connectivity index (χ0) is 10.4. The first-order chi connectivity index (χ1) is 7.25. The van der Waals surface area contributed by atoms with Crippen LogP contribution >= 0.6 is 0 Å². The average molecular weight is 201 g/mol. The van der Waals surface area contributed by atoms with E-state index in [4.69, 9.17) is 10.2 Å². The minimum absolute atomic E-state index is 0.290. The molecule has 0 amide bonds. The summed E-state index contributed by atoms with van der Waals surface area (Å²) in [6.07, 6.45) is 0. The predicted octanol–water partition coefficient (Wildman–Crippen LogP) is 3.31. The van der Waals surface area contributed by atoms with Crippen LogP contribution in [0.15, 0.2) is 40.8 Å². The summed E-state index contributed by atoms with van der Waals surface area (Å²) in [7, 11) is 0. The average Bonchev–Trinajstić information content (AvgIpc) is 2.57. The summed E-state index contributed by atoms with van der Waals surface area (Å²) in [5.41, 5.74) is 7.15. The summed E-state index contributed by atoms with van der Waals surface area (Å²) in [5.74, 6) is -0.345. The van der Waals surface area contributed by atoms with Gasteiger partial charge >= 0.3 is 0 Å². The Labute approximate surface area is 85.1 Å². The Bertz CT molecular complexity index is 657. The first-order valence-electron chi connectivity index (χ1n) is 4.62. The van der Waals surface area contributed by atoms with Crippen LogP contribution in [-0.2, 0) is 0 Å². The topological polar surface area (TPSA) is 39.2 Å². The minimum atomic E-state index is -0.345. The Balaban J connectivity index is 2.57. The molecule has 0 aliphatic carbocycles. The molecule has 3 aromatic rings. The number of halogens is 1. The largest absolute Gasteiger partial charge is 0.453 e. The van der Waals surface area contributed by atoms with Gasteiger partial charge in [-0.05, 0) is 18.2 Å². The molecule has 2 aromatic carbocycles. The molecule has 1 heterocycles. The Morgan fingerprint density at radius 2 is 1.93 bits per heavy atom. The molecule has 0 aliphatic rings.